The van der Waals surface area contributed by atoms with E-state index >= 15 is 0 Å². The quantitative estimate of drug-likeness (QED) is 0.0995. The summed E-state index contributed by atoms with van der Waals surface area (Å²) in [6.07, 6.45) is 2.52. The molecule has 6 aromatic carbocycles. The van der Waals surface area contributed by atoms with Crippen molar-refractivity contribution in [1.29, 1.82) is 0 Å². The van der Waals surface area contributed by atoms with Crippen molar-refractivity contribution in [3.63, 3.8) is 0 Å². The van der Waals surface area contributed by atoms with Crippen molar-refractivity contribution in [3.05, 3.63) is 155 Å². The second kappa shape index (κ2) is 16.2. The lowest BCUT2D eigenvalue weighted by atomic mass is 9.90. The van der Waals surface area contributed by atoms with E-state index in [4.69, 9.17) is 0 Å². The van der Waals surface area contributed by atoms with Crippen LogP contribution in [-0.4, -0.2) is 69.4 Å². The van der Waals surface area contributed by atoms with Gasteiger partial charge in [-0.25, -0.2) is 9.59 Å². The zero-order valence-corrected chi connectivity index (χ0v) is 28.5. The standard InChI is InChI=1S/C23H16O6.C20H24N2O/c24-20-16(14-7-3-1-5-12(14)9-18(20)22(26)27)11-17-15-8-4-2-6-13(15)10-19(21(17)25)23(28)29;23-20(21-13-16-22-14-7-8-15-22)19(17-9-3-1-4-10-17)18-11-5-2-6-12-18/h1-10,24-25H,11H2,(H,26,27)(H,28,29);1-6,9-12,19H,7-8,13-16H2,(H,21,23). The number of likely N-dealkylation sites (tertiary alicyclic amines) is 1. The van der Waals surface area contributed by atoms with Crippen LogP contribution in [0.4, 0.5) is 0 Å². The van der Waals surface area contributed by atoms with E-state index in [1.165, 1.54) is 25.0 Å². The van der Waals surface area contributed by atoms with Crippen LogP contribution in [-0.2, 0) is 11.2 Å². The van der Waals surface area contributed by atoms with Crippen molar-refractivity contribution < 1.29 is 34.8 Å². The molecular weight excluding hydrogens is 656 g/mol. The number of phenols is 2. The van der Waals surface area contributed by atoms with E-state index < -0.39 is 23.4 Å². The molecule has 9 heteroatoms. The lowest BCUT2D eigenvalue weighted by molar-refractivity contribution is -0.121. The number of carboxylic acids is 2. The molecular formula is C43H40N2O7. The van der Waals surface area contributed by atoms with E-state index in [1.807, 2.05) is 60.7 Å². The third-order valence-electron chi connectivity index (χ3n) is 9.52. The van der Waals surface area contributed by atoms with E-state index in [2.05, 4.69) is 10.2 Å². The summed E-state index contributed by atoms with van der Waals surface area (Å²) in [7, 11) is 0. The Morgan fingerprint density at radius 1 is 0.615 bits per heavy atom. The first kappa shape index (κ1) is 35.6. The molecule has 52 heavy (non-hydrogen) atoms. The molecule has 1 heterocycles. The van der Waals surface area contributed by atoms with Crippen molar-refractivity contribution in [1.82, 2.24) is 10.2 Å². The third kappa shape index (κ3) is 7.90. The van der Waals surface area contributed by atoms with Gasteiger partial charge >= 0.3 is 11.9 Å². The Kier molecular flexibility index (Phi) is 11.1. The SMILES string of the molecule is O=C(NCCN1CCCC1)C(c1ccccc1)c1ccccc1.O=C(O)c1cc2ccccc2c(Cc2c(O)c(C(=O)O)cc3ccccc23)c1O. The molecule has 9 nitrogen and oxygen atoms in total. The molecule has 5 N–H and O–H groups in total. The van der Waals surface area contributed by atoms with Gasteiger partial charge in [-0.15, -0.1) is 0 Å². The number of fused-ring (bicyclic) bond motifs is 2. The highest BCUT2D eigenvalue weighted by Crippen LogP contribution is 2.38. The molecule has 1 aliphatic rings. The average Bonchev–Trinajstić information content (AvgIpc) is 3.68. The lowest BCUT2D eigenvalue weighted by Gasteiger charge is -2.20. The maximum absolute atomic E-state index is 12.8. The fourth-order valence-electron chi connectivity index (χ4n) is 6.92. The summed E-state index contributed by atoms with van der Waals surface area (Å²) in [5.41, 5.74) is 2.19. The number of carbonyl (C=O) groups excluding carboxylic acids is 1. The molecule has 7 rings (SSSR count). The first-order valence-electron chi connectivity index (χ1n) is 17.3. The first-order chi connectivity index (χ1) is 25.2. The predicted molar refractivity (Wildman–Crippen MR) is 201 cm³/mol. The number of hydrogen-bond donors (Lipinski definition) is 5. The molecule has 6 aromatic rings. The van der Waals surface area contributed by atoms with E-state index in [-0.39, 0.29) is 29.4 Å². The van der Waals surface area contributed by atoms with E-state index in [9.17, 15) is 34.8 Å². The number of carboxylic acid groups (broad SMARTS) is 2. The minimum atomic E-state index is -1.28. The van der Waals surface area contributed by atoms with Gasteiger partial charge in [0, 0.05) is 30.6 Å². The van der Waals surface area contributed by atoms with Crippen LogP contribution in [0.1, 0.15) is 61.7 Å². The van der Waals surface area contributed by atoms with Gasteiger partial charge in [0.25, 0.3) is 0 Å². The van der Waals surface area contributed by atoms with Crippen LogP contribution < -0.4 is 5.32 Å². The number of aromatic hydroxyl groups is 2. The second-order valence-corrected chi connectivity index (χ2v) is 12.8. The number of rotatable bonds is 10. The maximum atomic E-state index is 12.8. The van der Waals surface area contributed by atoms with Gasteiger partial charge < -0.3 is 30.6 Å². The van der Waals surface area contributed by atoms with E-state index in [0.717, 1.165) is 37.3 Å². The Labute approximate surface area is 301 Å². The Morgan fingerprint density at radius 2 is 1.04 bits per heavy atom. The predicted octanol–water partition coefficient (Wildman–Crippen LogP) is 7.42. The smallest absolute Gasteiger partial charge is 0.339 e. The van der Waals surface area contributed by atoms with Crippen molar-refractivity contribution in [2.24, 2.45) is 0 Å². The van der Waals surface area contributed by atoms with Crippen LogP contribution in [0, 0.1) is 0 Å². The first-order valence-corrected chi connectivity index (χ1v) is 17.3. The molecule has 0 spiro atoms. The van der Waals surface area contributed by atoms with Crippen LogP contribution >= 0.6 is 0 Å². The molecule has 0 saturated carbocycles. The highest BCUT2D eigenvalue weighted by atomic mass is 16.4. The molecule has 0 aliphatic carbocycles. The molecule has 0 unspecified atom stereocenters. The van der Waals surface area contributed by atoms with Crippen LogP contribution in [0.25, 0.3) is 21.5 Å². The fraction of sp³-hybridized carbons (Fsp3) is 0.186. The largest absolute Gasteiger partial charge is 0.507 e. The van der Waals surface area contributed by atoms with Gasteiger partial charge in [-0.05, 0) is 70.7 Å². The van der Waals surface area contributed by atoms with Gasteiger partial charge in [0.15, 0.2) is 0 Å². The number of nitrogens with zero attached hydrogens (tertiary/aromatic N) is 1. The van der Waals surface area contributed by atoms with Crippen LogP contribution in [0.2, 0.25) is 0 Å². The van der Waals surface area contributed by atoms with Crippen LogP contribution in [0.3, 0.4) is 0 Å². The minimum Gasteiger partial charge on any atom is -0.507 e. The number of carbonyl (C=O) groups is 3. The molecule has 0 atom stereocenters. The Balaban J connectivity index is 0.000000183. The van der Waals surface area contributed by atoms with Crippen molar-refractivity contribution >= 4 is 39.4 Å². The summed E-state index contributed by atoms with van der Waals surface area (Å²) in [4.78, 5) is 38.4. The number of hydrogen-bond acceptors (Lipinski definition) is 6. The molecule has 0 radical (unpaired) electrons. The second-order valence-electron chi connectivity index (χ2n) is 12.8. The Bertz CT molecular complexity index is 2070. The molecule has 1 aliphatic heterocycles. The van der Waals surface area contributed by atoms with Crippen molar-refractivity contribution in [3.8, 4) is 11.5 Å². The molecule has 1 saturated heterocycles. The van der Waals surface area contributed by atoms with Gasteiger partial charge in [0.1, 0.15) is 22.6 Å². The summed E-state index contributed by atoms with van der Waals surface area (Å²) in [6.45, 7) is 3.99. The zero-order chi connectivity index (χ0) is 36.6. The molecule has 264 valence electrons. The summed E-state index contributed by atoms with van der Waals surface area (Å²) >= 11 is 0. The normalized spacial score (nSPS) is 12.8. The number of amides is 1. The minimum absolute atomic E-state index is 0.0407. The summed E-state index contributed by atoms with van der Waals surface area (Å²) in [5, 5.41) is 45.9. The van der Waals surface area contributed by atoms with Gasteiger partial charge in [-0.1, -0.05) is 109 Å². The molecule has 0 bridgehead atoms. The Morgan fingerprint density at radius 3 is 1.48 bits per heavy atom. The topological polar surface area (TPSA) is 147 Å². The molecule has 1 amide bonds. The number of benzene rings is 6. The monoisotopic (exact) mass is 696 g/mol. The average molecular weight is 697 g/mol. The van der Waals surface area contributed by atoms with E-state index in [0.29, 0.717) is 32.7 Å². The third-order valence-corrected chi connectivity index (χ3v) is 9.52. The summed E-state index contributed by atoms with van der Waals surface area (Å²) in [5.74, 6) is -3.51. The Hall–Kier alpha value is -6.19. The van der Waals surface area contributed by atoms with Crippen LogP contribution in [0.5, 0.6) is 11.5 Å². The number of aromatic carboxylic acids is 2. The maximum Gasteiger partial charge on any atom is 0.339 e. The molecule has 0 aromatic heterocycles. The van der Waals surface area contributed by atoms with Gasteiger partial charge in [0.2, 0.25) is 5.91 Å². The van der Waals surface area contributed by atoms with Gasteiger partial charge in [0.05, 0.1) is 5.92 Å². The lowest BCUT2D eigenvalue weighted by Crippen LogP contribution is -2.36. The summed E-state index contributed by atoms with van der Waals surface area (Å²) in [6, 6.07) is 36.8. The highest BCUT2D eigenvalue weighted by molar-refractivity contribution is 6.02. The van der Waals surface area contributed by atoms with Crippen LogP contribution in [0.15, 0.2) is 121 Å². The zero-order valence-electron chi connectivity index (χ0n) is 28.5. The molecule has 1 fully saturated rings. The van der Waals surface area contributed by atoms with E-state index in [1.54, 1.807) is 48.5 Å². The summed E-state index contributed by atoms with van der Waals surface area (Å²) < 4.78 is 0. The van der Waals surface area contributed by atoms with Crippen molar-refractivity contribution in [2.45, 2.75) is 25.2 Å². The van der Waals surface area contributed by atoms with Gasteiger partial charge in [-0.3, -0.25) is 4.79 Å². The number of nitrogens with one attached hydrogen (secondary N) is 1. The van der Waals surface area contributed by atoms with Gasteiger partial charge in [-0.2, -0.15) is 0 Å². The van der Waals surface area contributed by atoms with Crippen molar-refractivity contribution in [2.75, 3.05) is 26.2 Å². The highest BCUT2D eigenvalue weighted by Gasteiger charge is 2.24. The fourth-order valence-corrected chi connectivity index (χ4v) is 6.92.